The molecule has 1 heterocycles. The van der Waals surface area contributed by atoms with Gasteiger partial charge in [-0.25, -0.2) is 8.78 Å². The van der Waals surface area contributed by atoms with E-state index >= 15 is 0 Å². The van der Waals surface area contributed by atoms with Crippen molar-refractivity contribution in [3.05, 3.63) is 124 Å². The number of halogens is 2. The van der Waals surface area contributed by atoms with Gasteiger partial charge in [0.2, 0.25) is 5.91 Å². The second kappa shape index (κ2) is 11.2. The minimum Gasteiger partial charge on any atom is -0.497 e. The van der Waals surface area contributed by atoms with Crippen molar-refractivity contribution in [2.75, 3.05) is 13.7 Å². The van der Waals surface area contributed by atoms with Crippen molar-refractivity contribution in [2.24, 2.45) is 5.92 Å². The minimum absolute atomic E-state index is 0.0171. The van der Waals surface area contributed by atoms with Gasteiger partial charge in [0.05, 0.1) is 7.11 Å². The Bertz CT molecular complexity index is 1600. The van der Waals surface area contributed by atoms with Crippen molar-refractivity contribution in [2.45, 2.75) is 31.8 Å². The van der Waals surface area contributed by atoms with Crippen molar-refractivity contribution in [3.63, 3.8) is 0 Å². The molecular formula is C34H30F2N2O3. The number of nitrogens with zero attached hydrogens (tertiary/aromatic N) is 1. The van der Waals surface area contributed by atoms with E-state index in [2.05, 4.69) is 23.5 Å². The number of hydrogen-bond donors (Lipinski definition) is 1. The van der Waals surface area contributed by atoms with Gasteiger partial charge in [-0.15, -0.1) is 0 Å². The predicted molar refractivity (Wildman–Crippen MR) is 152 cm³/mol. The maximum Gasteiger partial charge on any atom is 0.254 e. The highest BCUT2D eigenvalue weighted by Gasteiger charge is 2.43. The summed E-state index contributed by atoms with van der Waals surface area (Å²) < 4.78 is 33.2. The van der Waals surface area contributed by atoms with Crippen LogP contribution < -0.4 is 10.1 Å². The van der Waals surface area contributed by atoms with Crippen molar-refractivity contribution in [1.29, 1.82) is 0 Å². The molecule has 1 saturated carbocycles. The van der Waals surface area contributed by atoms with Crippen molar-refractivity contribution < 1.29 is 23.1 Å². The fraction of sp³-hybridized carbons (Fsp3) is 0.235. The van der Waals surface area contributed by atoms with Gasteiger partial charge in [0.1, 0.15) is 17.4 Å². The summed E-state index contributed by atoms with van der Waals surface area (Å²) in [5.41, 5.74) is 6.13. The molecule has 1 fully saturated rings. The summed E-state index contributed by atoms with van der Waals surface area (Å²) in [5, 5.41) is 3.12. The lowest BCUT2D eigenvalue weighted by atomic mass is 9.87. The van der Waals surface area contributed by atoms with E-state index in [1.54, 1.807) is 12.0 Å². The number of fused-ring (bicyclic) bond motifs is 1. The number of benzene rings is 4. The molecule has 6 rings (SSSR count). The van der Waals surface area contributed by atoms with Crippen LogP contribution in [0.2, 0.25) is 0 Å². The maximum atomic E-state index is 13.9. The second-order valence-corrected chi connectivity index (χ2v) is 10.7. The first-order valence-electron chi connectivity index (χ1n) is 13.8. The number of rotatable bonds is 7. The topological polar surface area (TPSA) is 58.6 Å². The largest absolute Gasteiger partial charge is 0.497 e. The molecule has 0 bridgehead atoms. The van der Waals surface area contributed by atoms with Crippen LogP contribution in [-0.2, 0) is 24.3 Å². The third-order valence-electron chi connectivity index (χ3n) is 8.09. The Morgan fingerprint density at radius 2 is 1.71 bits per heavy atom. The minimum atomic E-state index is -0.789. The molecule has 1 N–H and O–H groups in total. The summed E-state index contributed by atoms with van der Waals surface area (Å²) in [6.45, 7) is 0.997. The van der Waals surface area contributed by atoms with Crippen LogP contribution in [0.5, 0.6) is 5.75 Å². The quantitative estimate of drug-likeness (QED) is 0.295. The summed E-state index contributed by atoms with van der Waals surface area (Å²) in [7, 11) is 1.63. The molecular weight excluding hydrogens is 522 g/mol. The zero-order chi connectivity index (χ0) is 28.5. The fourth-order valence-corrected chi connectivity index (χ4v) is 5.87. The molecule has 1 aliphatic carbocycles. The highest BCUT2D eigenvalue weighted by atomic mass is 19.1. The van der Waals surface area contributed by atoms with Crippen LogP contribution >= 0.6 is 0 Å². The van der Waals surface area contributed by atoms with Crippen LogP contribution in [0.4, 0.5) is 8.78 Å². The Balaban J connectivity index is 1.27. The van der Waals surface area contributed by atoms with E-state index in [9.17, 15) is 18.4 Å². The van der Waals surface area contributed by atoms with Crippen LogP contribution in [0.1, 0.15) is 45.0 Å². The van der Waals surface area contributed by atoms with Gasteiger partial charge in [0.25, 0.3) is 5.91 Å². The smallest absolute Gasteiger partial charge is 0.254 e. The molecule has 0 unspecified atom stereocenters. The molecule has 41 heavy (non-hydrogen) atoms. The Kier molecular flexibility index (Phi) is 7.26. The lowest BCUT2D eigenvalue weighted by Gasteiger charge is -2.32. The Morgan fingerprint density at radius 1 is 0.927 bits per heavy atom. The molecule has 0 radical (unpaired) electrons. The number of carbonyl (C=O) groups is 2. The summed E-state index contributed by atoms with van der Waals surface area (Å²) in [6, 6.07) is 24.8. The van der Waals surface area contributed by atoms with E-state index in [-0.39, 0.29) is 29.9 Å². The number of nitrogens with one attached hydrogen (secondary N) is 1. The van der Waals surface area contributed by atoms with Gasteiger partial charge < -0.3 is 15.0 Å². The average molecular weight is 553 g/mol. The lowest BCUT2D eigenvalue weighted by Crippen LogP contribution is -2.37. The van der Waals surface area contributed by atoms with Gasteiger partial charge in [-0.1, -0.05) is 54.6 Å². The molecule has 2 atom stereocenters. The molecule has 2 amide bonds. The number of carbonyl (C=O) groups excluding carboxylic acids is 2. The number of methoxy groups -OCH3 is 1. The first-order chi connectivity index (χ1) is 19.9. The van der Waals surface area contributed by atoms with E-state index in [1.807, 2.05) is 48.5 Å². The zero-order valence-corrected chi connectivity index (χ0v) is 22.7. The van der Waals surface area contributed by atoms with E-state index < -0.39 is 17.5 Å². The van der Waals surface area contributed by atoms with Crippen LogP contribution in [-0.4, -0.2) is 30.4 Å². The fourth-order valence-electron chi connectivity index (χ4n) is 5.87. The molecule has 0 aromatic heterocycles. The van der Waals surface area contributed by atoms with Gasteiger partial charge in [0, 0.05) is 37.2 Å². The molecule has 2 aliphatic rings. The van der Waals surface area contributed by atoms with Gasteiger partial charge in [-0.2, -0.15) is 0 Å². The average Bonchev–Trinajstić information content (AvgIpc) is 3.80. The highest BCUT2D eigenvalue weighted by molar-refractivity contribution is 5.94. The molecule has 1 aliphatic heterocycles. The number of amides is 2. The third kappa shape index (κ3) is 5.57. The van der Waals surface area contributed by atoms with E-state index in [0.29, 0.717) is 19.5 Å². The van der Waals surface area contributed by atoms with E-state index in [0.717, 1.165) is 58.2 Å². The summed E-state index contributed by atoms with van der Waals surface area (Å²) in [6.07, 6.45) is 1.39. The van der Waals surface area contributed by atoms with Crippen LogP contribution in [0.25, 0.3) is 11.1 Å². The summed E-state index contributed by atoms with van der Waals surface area (Å²) in [4.78, 5) is 28.0. The zero-order valence-electron chi connectivity index (χ0n) is 22.7. The lowest BCUT2D eigenvalue weighted by molar-refractivity contribution is -0.122. The predicted octanol–water partition coefficient (Wildman–Crippen LogP) is 6.26. The summed E-state index contributed by atoms with van der Waals surface area (Å²) in [5.74, 6) is -1.06. The summed E-state index contributed by atoms with van der Waals surface area (Å²) >= 11 is 0. The van der Waals surface area contributed by atoms with E-state index in [1.165, 1.54) is 5.56 Å². The normalized spacial score (nSPS) is 17.5. The first-order valence-corrected chi connectivity index (χ1v) is 13.8. The standard InChI is InChI=1S/C34H30F2N2O3/c1-41-27-9-5-8-22(16-27)28-11-10-23(19-37-33(39)31-18-30(31)21-6-3-2-4-7-21)32-20-38(13-12-29(28)32)34(40)24-14-25(35)17-26(36)15-24/h2-11,14-17,30-31H,12-13,18-20H2,1H3,(H,37,39)/t30-,31+/m0/s1. The first kappa shape index (κ1) is 26.7. The molecule has 5 nitrogen and oxygen atoms in total. The Hall–Kier alpha value is -4.52. The molecule has 4 aromatic carbocycles. The Morgan fingerprint density at radius 3 is 2.46 bits per heavy atom. The van der Waals surface area contributed by atoms with E-state index in [4.69, 9.17) is 4.74 Å². The SMILES string of the molecule is COc1cccc(-c2ccc(CNC(=O)[C@@H]3C[C@H]3c3ccccc3)c3c2CCN(C(=O)c2cc(F)cc(F)c2)C3)c1. The molecule has 7 heteroatoms. The Labute approximate surface area is 237 Å². The third-order valence-corrected chi connectivity index (χ3v) is 8.09. The van der Waals surface area contributed by atoms with Crippen LogP contribution in [0, 0.1) is 17.6 Å². The van der Waals surface area contributed by atoms with Crippen molar-refractivity contribution in [3.8, 4) is 16.9 Å². The number of ether oxygens (including phenoxy) is 1. The monoisotopic (exact) mass is 552 g/mol. The molecule has 4 aromatic rings. The van der Waals surface area contributed by atoms with Crippen molar-refractivity contribution in [1.82, 2.24) is 10.2 Å². The van der Waals surface area contributed by atoms with Crippen molar-refractivity contribution >= 4 is 11.8 Å². The van der Waals surface area contributed by atoms with Gasteiger partial charge in [-0.05, 0) is 76.4 Å². The molecule has 0 spiro atoms. The van der Waals surface area contributed by atoms with Crippen LogP contribution in [0.3, 0.4) is 0 Å². The second-order valence-electron chi connectivity index (χ2n) is 10.7. The van der Waals surface area contributed by atoms with Gasteiger partial charge in [0.15, 0.2) is 0 Å². The maximum absolute atomic E-state index is 13.9. The number of hydrogen-bond acceptors (Lipinski definition) is 3. The van der Waals surface area contributed by atoms with Gasteiger partial charge >= 0.3 is 0 Å². The molecule has 0 saturated heterocycles. The molecule has 208 valence electrons. The van der Waals surface area contributed by atoms with Crippen LogP contribution in [0.15, 0.2) is 84.9 Å². The highest BCUT2D eigenvalue weighted by Crippen LogP contribution is 2.47. The van der Waals surface area contributed by atoms with Gasteiger partial charge in [-0.3, -0.25) is 9.59 Å².